The van der Waals surface area contributed by atoms with Gasteiger partial charge in [0.15, 0.2) is 0 Å². The quantitative estimate of drug-likeness (QED) is 0.904. The summed E-state index contributed by atoms with van der Waals surface area (Å²) in [5.74, 6) is 0. The third-order valence-electron chi connectivity index (χ3n) is 3.84. The summed E-state index contributed by atoms with van der Waals surface area (Å²) in [5, 5.41) is 3.68. The van der Waals surface area contributed by atoms with Crippen molar-refractivity contribution >= 4 is 11.4 Å². The molecule has 104 valence electrons. The van der Waals surface area contributed by atoms with Gasteiger partial charge in [0, 0.05) is 32.3 Å². The molecule has 4 nitrogen and oxygen atoms in total. The Kier molecular flexibility index (Phi) is 4.20. The molecule has 1 N–H and O–H groups in total. The van der Waals surface area contributed by atoms with Crippen LogP contribution < -0.4 is 10.2 Å². The number of rotatable bonds is 3. The van der Waals surface area contributed by atoms with Crippen LogP contribution in [0.4, 0.5) is 11.4 Å². The van der Waals surface area contributed by atoms with Crippen molar-refractivity contribution < 1.29 is 9.47 Å². The Hall–Kier alpha value is -1.26. The first-order valence-corrected chi connectivity index (χ1v) is 7.19. The fraction of sp³-hybridized carbons (Fsp3) is 0.600. The Bertz CT molecular complexity index is 399. The number of anilines is 2. The van der Waals surface area contributed by atoms with Gasteiger partial charge in [-0.2, -0.15) is 0 Å². The molecule has 1 aromatic rings. The molecule has 2 aliphatic heterocycles. The van der Waals surface area contributed by atoms with Gasteiger partial charge in [0.05, 0.1) is 24.6 Å². The van der Waals surface area contributed by atoms with Crippen LogP contribution in [0.15, 0.2) is 24.3 Å². The highest BCUT2D eigenvalue weighted by Crippen LogP contribution is 2.28. The van der Waals surface area contributed by atoms with Crippen LogP contribution in [0, 0.1) is 0 Å². The van der Waals surface area contributed by atoms with Crippen molar-refractivity contribution in [3.63, 3.8) is 0 Å². The number of ether oxygens (including phenoxy) is 2. The highest BCUT2D eigenvalue weighted by molar-refractivity contribution is 5.70. The maximum absolute atomic E-state index is 5.43. The van der Waals surface area contributed by atoms with E-state index in [0.29, 0.717) is 6.04 Å². The Morgan fingerprint density at radius 1 is 0.947 bits per heavy atom. The smallest absolute Gasteiger partial charge is 0.0642 e. The van der Waals surface area contributed by atoms with E-state index >= 15 is 0 Å². The van der Waals surface area contributed by atoms with Crippen molar-refractivity contribution in [3.8, 4) is 0 Å². The summed E-state index contributed by atoms with van der Waals surface area (Å²) in [6, 6.07) is 9.13. The first kappa shape index (κ1) is 12.8. The Balaban J connectivity index is 1.72. The topological polar surface area (TPSA) is 33.7 Å². The van der Waals surface area contributed by atoms with Crippen molar-refractivity contribution in [1.29, 1.82) is 0 Å². The summed E-state index contributed by atoms with van der Waals surface area (Å²) in [7, 11) is 0. The van der Waals surface area contributed by atoms with Crippen LogP contribution in [0.1, 0.15) is 12.8 Å². The van der Waals surface area contributed by atoms with Gasteiger partial charge in [-0.1, -0.05) is 12.1 Å². The maximum Gasteiger partial charge on any atom is 0.0642 e. The third kappa shape index (κ3) is 3.19. The lowest BCUT2D eigenvalue weighted by molar-refractivity contribution is 0.0904. The normalized spacial score (nSPS) is 21.4. The van der Waals surface area contributed by atoms with Crippen molar-refractivity contribution in [3.05, 3.63) is 24.3 Å². The van der Waals surface area contributed by atoms with Crippen molar-refractivity contribution in [2.45, 2.75) is 18.9 Å². The van der Waals surface area contributed by atoms with Gasteiger partial charge in [0.1, 0.15) is 0 Å². The molecule has 0 aromatic heterocycles. The number of hydrogen-bond acceptors (Lipinski definition) is 4. The predicted octanol–water partition coefficient (Wildman–Crippen LogP) is 2.11. The summed E-state index contributed by atoms with van der Waals surface area (Å²) in [6.07, 6.45) is 2.19. The fourth-order valence-corrected chi connectivity index (χ4v) is 2.74. The Morgan fingerprint density at radius 3 is 2.42 bits per heavy atom. The summed E-state index contributed by atoms with van der Waals surface area (Å²) < 4.78 is 10.8. The number of para-hydroxylation sites is 2. The zero-order valence-corrected chi connectivity index (χ0v) is 11.3. The summed E-state index contributed by atoms with van der Waals surface area (Å²) in [6.45, 7) is 5.35. The SMILES string of the molecule is c1ccc(N2CCOCC2)c(NC2CCOCC2)c1. The fourth-order valence-electron chi connectivity index (χ4n) is 2.74. The summed E-state index contributed by atoms with van der Waals surface area (Å²) in [5.41, 5.74) is 2.55. The predicted molar refractivity (Wildman–Crippen MR) is 76.9 cm³/mol. The lowest BCUT2D eigenvalue weighted by Gasteiger charge is -2.32. The minimum absolute atomic E-state index is 0.538. The van der Waals surface area contributed by atoms with Gasteiger partial charge in [-0.25, -0.2) is 0 Å². The van der Waals surface area contributed by atoms with Crippen molar-refractivity contribution in [2.24, 2.45) is 0 Å². The molecule has 0 amide bonds. The number of hydrogen-bond donors (Lipinski definition) is 1. The van der Waals surface area contributed by atoms with E-state index in [-0.39, 0.29) is 0 Å². The number of benzene rings is 1. The molecule has 2 heterocycles. The second-order valence-corrected chi connectivity index (χ2v) is 5.15. The molecule has 0 radical (unpaired) electrons. The van der Waals surface area contributed by atoms with Crippen LogP contribution in [-0.4, -0.2) is 45.6 Å². The van der Waals surface area contributed by atoms with Crippen LogP contribution >= 0.6 is 0 Å². The van der Waals surface area contributed by atoms with E-state index in [1.165, 1.54) is 11.4 Å². The van der Waals surface area contributed by atoms with Gasteiger partial charge in [-0.15, -0.1) is 0 Å². The van der Waals surface area contributed by atoms with Gasteiger partial charge in [-0.05, 0) is 25.0 Å². The molecule has 0 bridgehead atoms. The lowest BCUT2D eigenvalue weighted by atomic mass is 10.1. The van der Waals surface area contributed by atoms with E-state index in [0.717, 1.165) is 52.4 Å². The molecule has 3 rings (SSSR count). The molecule has 0 atom stereocenters. The zero-order valence-electron chi connectivity index (χ0n) is 11.3. The highest BCUT2D eigenvalue weighted by atomic mass is 16.5. The molecular weight excluding hydrogens is 240 g/mol. The number of morpholine rings is 1. The van der Waals surface area contributed by atoms with Crippen molar-refractivity contribution in [1.82, 2.24) is 0 Å². The molecule has 2 saturated heterocycles. The third-order valence-corrected chi connectivity index (χ3v) is 3.84. The largest absolute Gasteiger partial charge is 0.381 e. The van der Waals surface area contributed by atoms with E-state index in [9.17, 15) is 0 Å². The van der Waals surface area contributed by atoms with E-state index < -0.39 is 0 Å². The van der Waals surface area contributed by atoms with Gasteiger partial charge in [-0.3, -0.25) is 0 Å². The monoisotopic (exact) mass is 262 g/mol. The van der Waals surface area contributed by atoms with Gasteiger partial charge in [0.25, 0.3) is 0 Å². The molecular formula is C15H22N2O2. The molecule has 1 aromatic carbocycles. The standard InChI is InChI=1S/C15H22N2O2/c1-2-4-15(17-7-11-19-12-8-17)14(3-1)16-13-5-9-18-10-6-13/h1-4,13,16H,5-12H2. The molecule has 2 fully saturated rings. The Labute approximate surface area is 114 Å². The minimum Gasteiger partial charge on any atom is -0.381 e. The Morgan fingerprint density at radius 2 is 1.63 bits per heavy atom. The summed E-state index contributed by atoms with van der Waals surface area (Å²) >= 11 is 0. The molecule has 0 saturated carbocycles. The lowest BCUT2D eigenvalue weighted by Crippen LogP contribution is -2.37. The van der Waals surface area contributed by atoms with E-state index in [2.05, 4.69) is 34.5 Å². The summed E-state index contributed by atoms with van der Waals surface area (Å²) in [4.78, 5) is 2.41. The van der Waals surface area contributed by atoms with Crippen LogP contribution in [-0.2, 0) is 9.47 Å². The average molecular weight is 262 g/mol. The van der Waals surface area contributed by atoms with Gasteiger partial charge in [0.2, 0.25) is 0 Å². The molecule has 0 aliphatic carbocycles. The van der Waals surface area contributed by atoms with Gasteiger partial charge >= 0.3 is 0 Å². The van der Waals surface area contributed by atoms with Crippen LogP contribution in [0.2, 0.25) is 0 Å². The minimum atomic E-state index is 0.538. The second kappa shape index (κ2) is 6.26. The average Bonchev–Trinajstić information content (AvgIpc) is 2.50. The highest BCUT2D eigenvalue weighted by Gasteiger charge is 2.18. The van der Waals surface area contributed by atoms with Crippen molar-refractivity contribution in [2.75, 3.05) is 49.7 Å². The second-order valence-electron chi connectivity index (χ2n) is 5.15. The molecule has 0 spiro atoms. The maximum atomic E-state index is 5.43. The van der Waals surface area contributed by atoms with Gasteiger partial charge < -0.3 is 19.7 Å². The molecule has 4 heteroatoms. The van der Waals surface area contributed by atoms with Crippen LogP contribution in [0.3, 0.4) is 0 Å². The number of nitrogens with one attached hydrogen (secondary N) is 1. The first-order chi connectivity index (χ1) is 9.43. The number of nitrogens with zero attached hydrogens (tertiary/aromatic N) is 1. The molecule has 19 heavy (non-hydrogen) atoms. The van der Waals surface area contributed by atoms with Crippen LogP contribution in [0.25, 0.3) is 0 Å². The van der Waals surface area contributed by atoms with E-state index in [4.69, 9.17) is 9.47 Å². The molecule has 2 aliphatic rings. The molecule has 0 unspecified atom stereocenters. The van der Waals surface area contributed by atoms with E-state index in [1.54, 1.807) is 0 Å². The van der Waals surface area contributed by atoms with Crippen LogP contribution in [0.5, 0.6) is 0 Å². The van der Waals surface area contributed by atoms with E-state index in [1.807, 2.05) is 0 Å². The first-order valence-electron chi connectivity index (χ1n) is 7.19. The zero-order chi connectivity index (χ0) is 12.9.